The Balaban J connectivity index is 1.77. The van der Waals surface area contributed by atoms with Crippen molar-refractivity contribution in [1.82, 2.24) is 10.4 Å². The number of rotatable bonds is 6. The molecule has 0 atom stereocenters. The molecule has 5 nitrogen and oxygen atoms in total. The first kappa shape index (κ1) is 19.6. The molecule has 1 aromatic carbocycles. The van der Waals surface area contributed by atoms with Gasteiger partial charge in [0.2, 0.25) is 5.91 Å². The second kappa shape index (κ2) is 9.15. The highest BCUT2D eigenvalue weighted by Gasteiger charge is 2.25. The Morgan fingerprint density at radius 1 is 1.07 bits per heavy atom. The summed E-state index contributed by atoms with van der Waals surface area (Å²) >= 11 is 1.57. The summed E-state index contributed by atoms with van der Waals surface area (Å²) in [4.78, 5) is 26.5. The SMILES string of the molecule is CN(C)NC(=O)c1c(NC(=O)CCc2ccccc2)sc2c1CCCCC2. The second-order valence-electron chi connectivity index (χ2n) is 7.14. The molecule has 0 aliphatic heterocycles. The fraction of sp³-hybridized carbons (Fsp3) is 0.429. The highest BCUT2D eigenvalue weighted by molar-refractivity contribution is 7.17. The van der Waals surface area contributed by atoms with Gasteiger partial charge in [0.1, 0.15) is 5.00 Å². The van der Waals surface area contributed by atoms with Crippen molar-refractivity contribution >= 4 is 28.2 Å². The van der Waals surface area contributed by atoms with Crippen LogP contribution < -0.4 is 10.7 Å². The molecule has 0 spiro atoms. The summed E-state index contributed by atoms with van der Waals surface area (Å²) in [5.41, 5.74) is 5.75. The molecule has 2 N–H and O–H groups in total. The molecule has 0 saturated heterocycles. The second-order valence-corrected chi connectivity index (χ2v) is 8.24. The van der Waals surface area contributed by atoms with E-state index in [-0.39, 0.29) is 11.8 Å². The first-order valence-electron chi connectivity index (χ1n) is 9.51. The summed E-state index contributed by atoms with van der Waals surface area (Å²) < 4.78 is 0. The van der Waals surface area contributed by atoms with Gasteiger partial charge in [0.25, 0.3) is 5.91 Å². The monoisotopic (exact) mass is 385 g/mol. The topological polar surface area (TPSA) is 61.4 Å². The largest absolute Gasteiger partial charge is 0.317 e. The first-order chi connectivity index (χ1) is 13.0. The van der Waals surface area contributed by atoms with Crippen LogP contribution in [0.4, 0.5) is 5.00 Å². The van der Waals surface area contributed by atoms with Gasteiger partial charge >= 0.3 is 0 Å². The lowest BCUT2D eigenvalue weighted by molar-refractivity contribution is -0.116. The molecule has 3 rings (SSSR count). The maximum Gasteiger partial charge on any atom is 0.268 e. The minimum Gasteiger partial charge on any atom is -0.317 e. The van der Waals surface area contributed by atoms with Crippen molar-refractivity contribution in [3.8, 4) is 0 Å². The minimum atomic E-state index is -0.141. The van der Waals surface area contributed by atoms with Crippen molar-refractivity contribution in [1.29, 1.82) is 0 Å². The maximum atomic E-state index is 12.8. The molecule has 0 fully saturated rings. The molecular formula is C21H27N3O2S. The van der Waals surface area contributed by atoms with E-state index in [9.17, 15) is 9.59 Å². The molecule has 6 heteroatoms. The number of anilines is 1. The standard InChI is InChI=1S/C21H27N3O2S/c1-24(2)23-20(26)19-16-11-7-4-8-12-17(16)27-21(19)22-18(25)14-13-15-9-5-3-6-10-15/h3,5-6,9-10H,4,7-8,11-14H2,1-2H3,(H,22,25)(H,23,26). The van der Waals surface area contributed by atoms with Crippen LogP contribution in [0, 0.1) is 0 Å². The number of benzene rings is 1. The van der Waals surface area contributed by atoms with E-state index in [4.69, 9.17) is 0 Å². The van der Waals surface area contributed by atoms with E-state index in [1.807, 2.05) is 30.3 Å². The van der Waals surface area contributed by atoms with Gasteiger partial charge in [0.15, 0.2) is 0 Å². The molecule has 0 saturated carbocycles. The Labute approximate surface area is 164 Å². The van der Waals surface area contributed by atoms with Crippen LogP contribution in [0.1, 0.15) is 52.0 Å². The summed E-state index contributed by atoms with van der Waals surface area (Å²) in [6, 6.07) is 9.98. The van der Waals surface area contributed by atoms with Crippen LogP contribution in [0.5, 0.6) is 0 Å². The number of nitrogens with one attached hydrogen (secondary N) is 2. The lowest BCUT2D eigenvalue weighted by Gasteiger charge is -2.14. The third-order valence-corrected chi connectivity index (χ3v) is 5.92. The predicted octanol–water partition coefficient (Wildman–Crippen LogP) is 3.79. The predicted molar refractivity (Wildman–Crippen MR) is 110 cm³/mol. The van der Waals surface area contributed by atoms with E-state index in [1.54, 1.807) is 30.4 Å². The summed E-state index contributed by atoms with van der Waals surface area (Å²) in [5.74, 6) is -0.188. The fourth-order valence-corrected chi connectivity index (χ4v) is 4.72. The number of hydrazine groups is 1. The average Bonchev–Trinajstić information content (AvgIpc) is 2.81. The highest BCUT2D eigenvalue weighted by Crippen LogP contribution is 2.37. The van der Waals surface area contributed by atoms with E-state index in [0.717, 1.165) is 36.8 Å². The van der Waals surface area contributed by atoms with E-state index in [1.165, 1.54) is 11.3 Å². The minimum absolute atomic E-state index is 0.0471. The third-order valence-electron chi connectivity index (χ3n) is 4.71. The molecule has 2 amide bonds. The highest BCUT2D eigenvalue weighted by atomic mass is 32.1. The molecule has 27 heavy (non-hydrogen) atoms. The number of carbonyl (C=O) groups is 2. The maximum absolute atomic E-state index is 12.8. The molecule has 0 unspecified atom stereocenters. The van der Waals surface area contributed by atoms with Gasteiger partial charge in [-0.05, 0) is 43.2 Å². The molecule has 0 bridgehead atoms. The van der Waals surface area contributed by atoms with Crippen LogP contribution in [0.2, 0.25) is 0 Å². The Kier molecular flexibility index (Phi) is 6.63. The number of carbonyl (C=O) groups excluding carboxylic acids is 2. The summed E-state index contributed by atoms with van der Waals surface area (Å²) in [5, 5.41) is 5.35. The Bertz CT molecular complexity index is 799. The first-order valence-corrected chi connectivity index (χ1v) is 10.3. The number of fused-ring (bicyclic) bond motifs is 1. The number of hydrogen-bond acceptors (Lipinski definition) is 4. The number of aryl methyl sites for hydroxylation is 2. The van der Waals surface area contributed by atoms with Gasteiger partial charge in [-0.2, -0.15) is 0 Å². The zero-order valence-electron chi connectivity index (χ0n) is 16.0. The lowest BCUT2D eigenvalue weighted by atomic mass is 10.0. The van der Waals surface area contributed by atoms with E-state index in [2.05, 4.69) is 10.7 Å². The molecule has 0 radical (unpaired) electrons. The van der Waals surface area contributed by atoms with Crippen molar-refractivity contribution < 1.29 is 9.59 Å². The Hall–Kier alpha value is -2.18. The van der Waals surface area contributed by atoms with Gasteiger partial charge in [-0.3, -0.25) is 15.0 Å². The van der Waals surface area contributed by atoms with Crippen molar-refractivity contribution in [2.45, 2.75) is 44.9 Å². The number of hydrogen-bond donors (Lipinski definition) is 2. The molecule has 1 aliphatic rings. The van der Waals surface area contributed by atoms with Crippen LogP contribution in [0.25, 0.3) is 0 Å². The van der Waals surface area contributed by atoms with Crippen molar-refractivity contribution in [2.24, 2.45) is 0 Å². The molecule has 144 valence electrons. The summed E-state index contributed by atoms with van der Waals surface area (Å²) in [6.45, 7) is 0. The molecule has 1 aliphatic carbocycles. The average molecular weight is 386 g/mol. The van der Waals surface area contributed by atoms with Gasteiger partial charge in [-0.1, -0.05) is 36.8 Å². The van der Waals surface area contributed by atoms with Crippen LogP contribution in [-0.2, 0) is 24.1 Å². The van der Waals surface area contributed by atoms with E-state index >= 15 is 0 Å². The number of amides is 2. The molecule has 1 heterocycles. The quantitative estimate of drug-likeness (QED) is 0.587. The zero-order chi connectivity index (χ0) is 19.2. The van der Waals surface area contributed by atoms with Gasteiger partial charge in [-0.15, -0.1) is 11.3 Å². The molecule has 2 aromatic rings. The van der Waals surface area contributed by atoms with E-state index < -0.39 is 0 Å². The van der Waals surface area contributed by atoms with E-state index in [0.29, 0.717) is 23.4 Å². The normalized spacial score (nSPS) is 13.7. The van der Waals surface area contributed by atoms with Crippen LogP contribution in [0.3, 0.4) is 0 Å². The van der Waals surface area contributed by atoms with Gasteiger partial charge in [-0.25, -0.2) is 5.01 Å². The van der Waals surface area contributed by atoms with Crippen molar-refractivity contribution in [3.05, 3.63) is 51.9 Å². The van der Waals surface area contributed by atoms with Crippen LogP contribution in [-0.4, -0.2) is 30.9 Å². The summed E-state index contributed by atoms with van der Waals surface area (Å²) in [6.07, 6.45) is 6.41. The zero-order valence-corrected chi connectivity index (χ0v) is 16.8. The van der Waals surface area contributed by atoms with Gasteiger partial charge < -0.3 is 5.32 Å². The number of thiophene rings is 1. The van der Waals surface area contributed by atoms with Gasteiger partial charge in [0, 0.05) is 25.4 Å². The molecular weight excluding hydrogens is 358 g/mol. The fourth-order valence-electron chi connectivity index (χ4n) is 3.42. The Morgan fingerprint density at radius 2 is 1.81 bits per heavy atom. The van der Waals surface area contributed by atoms with Crippen LogP contribution in [0.15, 0.2) is 30.3 Å². The van der Waals surface area contributed by atoms with Gasteiger partial charge in [0.05, 0.1) is 5.56 Å². The lowest BCUT2D eigenvalue weighted by Crippen LogP contribution is -2.36. The summed E-state index contributed by atoms with van der Waals surface area (Å²) in [7, 11) is 3.59. The third kappa shape index (κ3) is 5.17. The Morgan fingerprint density at radius 3 is 2.56 bits per heavy atom. The number of nitrogens with zero attached hydrogens (tertiary/aromatic N) is 1. The van der Waals surface area contributed by atoms with Crippen molar-refractivity contribution in [2.75, 3.05) is 19.4 Å². The molecule has 1 aromatic heterocycles. The van der Waals surface area contributed by atoms with Crippen LogP contribution >= 0.6 is 11.3 Å². The smallest absolute Gasteiger partial charge is 0.268 e. The van der Waals surface area contributed by atoms with Crippen molar-refractivity contribution in [3.63, 3.8) is 0 Å².